The van der Waals surface area contributed by atoms with E-state index in [0.717, 1.165) is 16.3 Å². The molecule has 2 heterocycles. The average Bonchev–Trinajstić information content (AvgIpc) is 3.30. The first-order valence-electron chi connectivity index (χ1n) is 8.87. The molecule has 1 saturated heterocycles. The minimum atomic E-state index is -5.04. The standard InChI is InChI=1S/C19H22F3N3O3/c1-24-11-9-23-17(24)18(27,19(20,21)22)12-16(26)25-10-3-4-15(25)13-5-7-14(28-2)8-6-13/h5-9,11,15,27H,3-4,10,12H2,1-2H3. The summed E-state index contributed by atoms with van der Waals surface area (Å²) in [6.07, 6.45) is -2.38. The molecule has 1 fully saturated rings. The van der Waals surface area contributed by atoms with Crippen molar-refractivity contribution in [3.63, 3.8) is 0 Å². The highest BCUT2D eigenvalue weighted by Gasteiger charge is 2.59. The normalized spacial score (nSPS) is 19.5. The lowest BCUT2D eigenvalue weighted by molar-refractivity contribution is -0.272. The summed E-state index contributed by atoms with van der Waals surface area (Å²) < 4.78 is 47.3. The first kappa shape index (κ1) is 20.2. The second-order valence-electron chi connectivity index (χ2n) is 6.91. The van der Waals surface area contributed by atoms with Gasteiger partial charge in [-0.05, 0) is 30.5 Å². The molecule has 1 aliphatic heterocycles. The van der Waals surface area contributed by atoms with E-state index in [2.05, 4.69) is 4.98 Å². The molecule has 0 saturated carbocycles. The summed E-state index contributed by atoms with van der Waals surface area (Å²) in [6, 6.07) is 6.75. The largest absolute Gasteiger partial charge is 0.497 e. The maximum absolute atomic E-state index is 13.7. The molecule has 1 amide bonds. The van der Waals surface area contributed by atoms with Crippen LogP contribution in [0.5, 0.6) is 5.75 Å². The number of alkyl halides is 3. The van der Waals surface area contributed by atoms with Crippen LogP contribution >= 0.6 is 0 Å². The summed E-state index contributed by atoms with van der Waals surface area (Å²) in [5, 5.41) is 10.5. The van der Waals surface area contributed by atoms with E-state index in [1.807, 2.05) is 0 Å². The second-order valence-corrected chi connectivity index (χ2v) is 6.91. The third-order valence-corrected chi connectivity index (χ3v) is 5.14. The van der Waals surface area contributed by atoms with Crippen molar-refractivity contribution in [2.24, 2.45) is 7.05 Å². The van der Waals surface area contributed by atoms with Crippen LogP contribution in [0.25, 0.3) is 0 Å². The monoisotopic (exact) mass is 397 g/mol. The average molecular weight is 397 g/mol. The number of likely N-dealkylation sites (tertiary alicyclic amines) is 1. The number of aliphatic hydroxyl groups is 1. The Bertz CT molecular complexity index is 835. The minimum Gasteiger partial charge on any atom is -0.497 e. The number of halogens is 3. The van der Waals surface area contributed by atoms with Gasteiger partial charge in [-0.15, -0.1) is 0 Å². The van der Waals surface area contributed by atoms with Crippen LogP contribution in [0.1, 0.15) is 36.7 Å². The van der Waals surface area contributed by atoms with E-state index in [0.29, 0.717) is 25.1 Å². The van der Waals surface area contributed by atoms with Crippen LogP contribution in [0.4, 0.5) is 13.2 Å². The summed E-state index contributed by atoms with van der Waals surface area (Å²) in [5.74, 6) is -0.712. The zero-order chi connectivity index (χ0) is 20.5. The number of aromatic nitrogens is 2. The third-order valence-electron chi connectivity index (χ3n) is 5.14. The molecule has 28 heavy (non-hydrogen) atoms. The van der Waals surface area contributed by atoms with E-state index in [-0.39, 0.29) is 6.04 Å². The van der Waals surface area contributed by atoms with Crippen molar-refractivity contribution in [2.75, 3.05) is 13.7 Å². The maximum atomic E-state index is 13.7. The number of carbonyl (C=O) groups excluding carboxylic acids is 1. The van der Waals surface area contributed by atoms with Gasteiger partial charge in [0, 0.05) is 26.0 Å². The highest BCUT2D eigenvalue weighted by atomic mass is 19.4. The molecule has 0 bridgehead atoms. The molecule has 1 N–H and O–H groups in total. The number of hydrogen-bond acceptors (Lipinski definition) is 4. The highest BCUT2D eigenvalue weighted by Crippen LogP contribution is 2.42. The number of hydrogen-bond donors (Lipinski definition) is 1. The Morgan fingerprint density at radius 2 is 2.00 bits per heavy atom. The molecular formula is C19H22F3N3O3. The predicted molar refractivity (Wildman–Crippen MR) is 94.5 cm³/mol. The van der Waals surface area contributed by atoms with Crippen molar-refractivity contribution in [1.82, 2.24) is 14.5 Å². The fraction of sp³-hybridized carbons (Fsp3) is 0.474. The van der Waals surface area contributed by atoms with Crippen LogP contribution in [-0.4, -0.2) is 45.3 Å². The Balaban J connectivity index is 1.86. The number of imidazole rings is 1. The zero-order valence-electron chi connectivity index (χ0n) is 15.6. The van der Waals surface area contributed by atoms with Gasteiger partial charge in [0.2, 0.25) is 11.5 Å². The summed E-state index contributed by atoms with van der Waals surface area (Å²) in [4.78, 5) is 17.9. The molecule has 1 aromatic heterocycles. The molecule has 0 spiro atoms. The summed E-state index contributed by atoms with van der Waals surface area (Å²) in [7, 11) is 2.88. The minimum absolute atomic E-state index is 0.336. The van der Waals surface area contributed by atoms with Gasteiger partial charge in [0.15, 0.2) is 5.82 Å². The first-order valence-corrected chi connectivity index (χ1v) is 8.87. The molecule has 1 aliphatic rings. The number of benzene rings is 1. The summed E-state index contributed by atoms with van der Waals surface area (Å²) in [6.45, 7) is 0.337. The van der Waals surface area contributed by atoms with Crippen molar-refractivity contribution in [3.05, 3.63) is 48.0 Å². The molecule has 6 nitrogen and oxygen atoms in total. The quantitative estimate of drug-likeness (QED) is 0.843. The lowest BCUT2D eigenvalue weighted by Gasteiger charge is -2.32. The Labute approximate surface area is 160 Å². The SMILES string of the molecule is COc1ccc(C2CCCN2C(=O)CC(O)(c2nccn2C)C(F)(F)F)cc1. The molecule has 0 aliphatic carbocycles. The first-order chi connectivity index (χ1) is 13.2. The van der Waals surface area contributed by atoms with Crippen LogP contribution < -0.4 is 4.74 Å². The molecule has 1 aromatic carbocycles. The number of ether oxygens (including phenoxy) is 1. The molecular weight excluding hydrogens is 375 g/mol. The molecule has 2 unspecified atom stereocenters. The van der Waals surface area contributed by atoms with Gasteiger partial charge in [-0.3, -0.25) is 4.79 Å². The van der Waals surface area contributed by atoms with Gasteiger partial charge in [-0.2, -0.15) is 13.2 Å². The van der Waals surface area contributed by atoms with Crippen LogP contribution in [0.3, 0.4) is 0 Å². The van der Waals surface area contributed by atoms with Crippen molar-refractivity contribution in [1.29, 1.82) is 0 Å². The van der Waals surface area contributed by atoms with Crippen molar-refractivity contribution >= 4 is 5.91 Å². The maximum Gasteiger partial charge on any atom is 0.425 e. The van der Waals surface area contributed by atoms with Gasteiger partial charge in [0.05, 0.1) is 19.6 Å². The van der Waals surface area contributed by atoms with Gasteiger partial charge in [0.1, 0.15) is 5.75 Å². The molecule has 2 aromatic rings. The summed E-state index contributed by atoms with van der Waals surface area (Å²) in [5.41, 5.74) is -2.53. The van der Waals surface area contributed by atoms with E-state index < -0.39 is 29.9 Å². The number of rotatable bonds is 5. The van der Waals surface area contributed by atoms with Crippen LogP contribution in [0.15, 0.2) is 36.7 Å². The van der Waals surface area contributed by atoms with E-state index in [1.54, 1.807) is 24.3 Å². The Morgan fingerprint density at radius 3 is 2.54 bits per heavy atom. The van der Waals surface area contributed by atoms with Gasteiger partial charge >= 0.3 is 6.18 Å². The zero-order valence-corrected chi connectivity index (χ0v) is 15.6. The van der Waals surface area contributed by atoms with Crippen molar-refractivity contribution < 1.29 is 27.8 Å². The van der Waals surface area contributed by atoms with E-state index in [1.165, 1.54) is 25.3 Å². The van der Waals surface area contributed by atoms with Crippen LogP contribution in [0, 0.1) is 0 Å². The topological polar surface area (TPSA) is 67.6 Å². The van der Waals surface area contributed by atoms with Crippen molar-refractivity contribution in [2.45, 2.75) is 37.1 Å². The lowest BCUT2D eigenvalue weighted by atomic mass is 9.96. The molecule has 3 rings (SSSR count). The lowest BCUT2D eigenvalue weighted by Crippen LogP contribution is -2.48. The molecule has 152 valence electrons. The highest BCUT2D eigenvalue weighted by molar-refractivity contribution is 5.78. The fourth-order valence-electron chi connectivity index (χ4n) is 3.63. The van der Waals surface area contributed by atoms with E-state index in [4.69, 9.17) is 4.74 Å². The van der Waals surface area contributed by atoms with Gasteiger partial charge in [-0.1, -0.05) is 12.1 Å². The van der Waals surface area contributed by atoms with E-state index in [9.17, 15) is 23.1 Å². The number of nitrogens with zero attached hydrogens (tertiary/aromatic N) is 3. The molecule has 0 radical (unpaired) electrons. The predicted octanol–water partition coefficient (Wildman–Crippen LogP) is 2.93. The smallest absolute Gasteiger partial charge is 0.425 e. The van der Waals surface area contributed by atoms with Gasteiger partial charge < -0.3 is 19.3 Å². The van der Waals surface area contributed by atoms with Gasteiger partial charge in [0.25, 0.3) is 0 Å². The van der Waals surface area contributed by atoms with E-state index >= 15 is 0 Å². The second kappa shape index (κ2) is 7.46. The number of carbonyl (C=O) groups is 1. The van der Waals surface area contributed by atoms with Crippen LogP contribution in [0.2, 0.25) is 0 Å². The van der Waals surface area contributed by atoms with Crippen LogP contribution in [-0.2, 0) is 17.4 Å². The Kier molecular flexibility index (Phi) is 5.38. The van der Waals surface area contributed by atoms with Gasteiger partial charge in [-0.25, -0.2) is 4.98 Å². The number of aryl methyl sites for hydroxylation is 1. The molecule has 9 heteroatoms. The number of methoxy groups -OCH3 is 1. The van der Waals surface area contributed by atoms with Crippen molar-refractivity contribution in [3.8, 4) is 5.75 Å². The Hall–Kier alpha value is -2.55. The Morgan fingerprint density at radius 1 is 1.32 bits per heavy atom. The fourth-order valence-corrected chi connectivity index (χ4v) is 3.63. The number of amides is 1. The third kappa shape index (κ3) is 3.58. The summed E-state index contributed by atoms with van der Waals surface area (Å²) >= 11 is 0. The molecule has 2 atom stereocenters.